The molecule has 0 amide bonds. The molecule has 0 aromatic heterocycles. The van der Waals surface area contributed by atoms with Crippen molar-refractivity contribution in [3.8, 4) is 0 Å². The molecule has 4 rings (SSSR count). The second kappa shape index (κ2) is 7.06. The summed E-state index contributed by atoms with van der Waals surface area (Å²) in [6.07, 6.45) is 9.03. The van der Waals surface area contributed by atoms with Crippen LogP contribution in [0.25, 0.3) is 0 Å². The van der Waals surface area contributed by atoms with E-state index in [0.29, 0.717) is 18.3 Å². The maximum Gasteiger partial charge on any atom is 0.303 e. The molecule has 2 fully saturated rings. The van der Waals surface area contributed by atoms with Gasteiger partial charge in [-0.05, 0) is 85.8 Å². The first kappa shape index (κ1) is 21.3. The normalized spacial score (nSPS) is 42.4. The number of allylic oxidation sites excluding steroid dienone is 4. The van der Waals surface area contributed by atoms with Gasteiger partial charge in [0.15, 0.2) is 11.4 Å². The van der Waals surface area contributed by atoms with E-state index in [0.717, 1.165) is 61.7 Å². The molecule has 0 heterocycles. The van der Waals surface area contributed by atoms with Gasteiger partial charge >= 0.3 is 5.97 Å². The van der Waals surface area contributed by atoms with Gasteiger partial charge in [-0.1, -0.05) is 13.8 Å². The van der Waals surface area contributed by atoms with Crippen molar-refractivity contribution in [2.45, 2.75) is 78.2 Å². The Labute approximate surface area is 179 Å². The first-order valence-corrected chi connectivity index (χ1v) is 11.3. The Kier molecular flexibility index (Phi) is 5.02. The lowest BCUT2D eigenvalue weighted by atomic mass is 9.46. The molecule has 0 saturated heterocycles. The number of Topliss-reactive ketones (excluding diaryl/α,β-unsaturated/α-hetero) is 1. The van der Waals surface area contributed by atoms with Gasteiger partial charge in [-0.3, -0.25) is 14.4 Å². The van der Waals surface area contributed by atoms with E-state index in [2.05, 4.69) is 19.9 Å². The number of carbonyl (C=O) groups excluding carboxylic acids is 3. The minimum atomic E-state index is -1.03. The van der Waals surface area contributed by atoms with Crippen LogP contribution in [-0.2, 0) is 23.9 Å². The third-order valence-corrected chi connectivity index (χ3v) is 9.28. The van der Waals surface area contributed by atoms with Gasteiger partial charge < -0.3 is 9.47 Å². The summed E-state index contributed by atoms with van der Waals surface area (Å²) >= 11 is 0. The summed E-state index contributed by atoms with van der Waals surface area (Å²) in [6.45, 7) is 7.43. The van der Waals surface area contributed by atoms with Crippen LogP contribution in [0.1, 0.15) is 72.6 Å². The van der Waals surface area contributed by atoms with Crippen molar-refractivity contribution in [2.24, 2.45) is 28.6 Å². The Morgan fingerprint density at radius 1 is 1.10 bits per heavy atom. The van der Waals surface area contributed by atoms with Crippen molar-refractivity contribution >= 4 is 18.0 Å². The number of methoxy groups -OCH3 is 1. The van der Waals surface area contributed by atoms with E-state index in [9.17, 15) is 14.4 Å². The fourth-order valence-electron chi connectivity index (χ4n) is 7.82. The molecule has 4 aliphatic rings. The van der Waals surface area contributed by atoms with Crippen LogP contribution in [0.5, 0.6) is 0 Å². The molecule has 164 valence electrons. The van der Waals surface area contributed by atoms with Crippen LogP contribution < -0.4 is 0 Å². The highest BCUT2D eigenvalue weighted by atomic mass is 16.6. The highest BCUT2D eigenvalue weighted by Gasteiger charge is 2.67. The Balaban J connectivity index is 1.78. The molecule has 5 heteroatoms. The summed E-state index contributed by atoms with van der Waals surface area (Å²) in [5, 5.41) is 0. The molecular formula is C25H34O5. The average Bonchev–Trinajstić information content (AvgIpc) is 3.00. The van der Waals surface area contributed by atoms with Gasteiger partial charge in [-0.2, -0.15) is 0 Å². The van der Waals surface area contributed by atoms with Gasteiger partial charge in [0.25, 0.3) is 0 Å². The lowest BCUT2D eigenvalue weighted by Crippen LogP contribution is -2.58. The molecule has 0 unspecified atom stereocenters. The van der Waals surface area contributed by atoms with Crippen LogP contribution in [0.3, 0.4) is 0 Å². The predicted molar refractivity (Wildman–Crippen MR) is 112 cm³/mol. The number of ketones is 1. The van der Waals surface area contributed by atoms with Gasteiger partial charge in [-0.25, -0.2) is 0 Å². The zero-order valence-electron chi connectivity index (χ0n) is 18.9. The first-order chi connectivity index (χ1) is 14.1. The number of hydrogen-bond donors (Lipinski definition) is 0. The number of hydrogen-bond acceptors (Lipinski definition) is 5. The highest BCUT2D eigenvalue weighted by molar-refractivity contribution is 5.89. The Bertz CT molecular complexity index is 854. The minimum absolute atomic E-state index is 0.0413. The topological polar surface area (TPSA) is 69.7 Å². The summed E-state index contributed by atoms with van der Waals surface area (Å²) < 4.78 is 11.3. The van der Waals surface area contributed by atoms with E-state index < -0.39 is 5.60 Å². The van der Waals surface area contributed by atoms with Gasteiger partial charge in [-0.15, -0.1) is 0 Å². The molecule has 0 aliphatic heterocycles. The van der Waals surface area contributed by atoms with Crippen molar-refractivity contribution in [3.05, 3.63) is 23.0 Å². The van der Waals surface area contributed by atoms with Gasteiger partial charge in [0.1, 0.15) is 6.29 Å². The number of carbonyl (C=O) groups is 3. The molecule has 4 aliphatic carbocycles. The molecule has 6 atom stereocenters. The van der Waals surface area contributed by atoms with Crippen molar-refractivity contribution in [1.29, 1.82) is 0 Å². The molecule has 0 N–H and O–H groups in total. The Morgan fingerprint density at radius 2 is 1.80 bits per heavy atom. The minimum Gasteiger partial charge on any atom is -0.501 e. The highest BCUT2D eigenvalue weighted by Crippen LogP contribution is 2.68. The second-order valence-corrected chi connectivity index (χ2v) is 10.3. The molecule has 30 heavy (non-hydrogen) atoms. The lowest BCUT2D eigenvalue weighted by Gasteiger charge is -2.58. The van der Waals surface area contributed by atoms with Crippen molar-refractivity contribution in [1.82, 2.24) is 0 Å². The monoisotopic (exact) mass is 414 g/mol. The summed E-state index contributed by atoms with van der Waals surface area (Å²) in [6, 6.07) is 0. The zero-order valence-corrected chi connectivity index (χ0v) is 18.9. The summed E-state index contributed by atoms with van der Waals surface area (Å²) in [7, 11) is 1.70. The zero-order chi connectivity index (χ0) is 21.9. The second-order valence-electron chi connectivity index (χ2n) is 10.3. The smallest absolute Gasteiger partial charge is 0.303 e. The Morgan fingerprint density at radius 3 is 2.40 bits per heavy atom. The molecular weight excluding hydrogens is 380 g/mol. The number of rotatable bonds is 4. The summed E-state index contributed by atoms with van der Waals surface area (Å²) in [4.78, 5) is 36.9. The van der Waals surface area contributed by atoms with Crippen LogP contribution in [0, 0.1) is 28.6 Å². The van der Waals surface area contributed by atoms with Gasteiger partial charge in [0.05, 0.1) is 12.9 Å². The lowest BCUT2D eigenvalue weighted by molar-refractivity contribution is -0.186. The van der Waals surface area contributed by atoms with Crippen LogP contribution >= 0.6 is 0 Å². The van der Waals surface area contributed by atoms with E-state index in [1.165, 1.54) is 6.92 Å². The molecule has 0 aromatic rings. The summed E-state index contributed by atoms with van der Waals surface area (Å²) in [5.74, 6) is 1.58. The largest absolute Gasteiger partial charge is 0.501 e. The molecule has 0 bridgehead atoms. The van der Waals surface area contributed by atoms with E-state index in [1.54, 1.807) is 14.0 Å². The fourth-order valence-corrected chi connectivity index (χ4v) is 7.82. The van der Waals surface area contributed by atoms with E-state index >= 15 is 0 Å². The van der Waals surface area contributed by atoms with Crippen molar-refractivity contribution in [3.63, 3.8) is 0 Å². The summed E-state index contributed by atoms with van der Waals surface area (Å²) in [5.41, 5.74) is 0.573. The van der Waals surface area contributed by atoms with Gasteiger partial charge in [0.2, 0.25) is 0 Å². The third-order valence-electron chi connectivity index (χ3n) is 9.28. The number of fused-ring (bicyclic) bond motifs is 5. The number of aldehydes is 1. The van der Waals surface area contributed by atoms with Crippen molar-refractivity contribution < 1.29 is 23.9 Å². The average molecular weight is 415 g/mol. The number of ether oxygens (including phenoxy) is 2. The molecule has 2 saturated carbocycles. The van der Waals surface area contributed by atoms with Crippen LogP contribution in [0.4, 0.5) is 0 Å². The maximum atomic E-state index is 12.8. The Hall–Kier alpha value is -1.91. The SMILES string of the molecule is COC1=CC2=C(C=O)C[C@H]3[C@H]4CC[C@](OC(C)=O)(C(C)=O)[C@]4(C)CC[C@@H]3[C@@]2(C)CC1. The standard InChI is InChI=1S/C25H34O5/c1-15(27)25(30-16(2)28)11-8-21-19-12-17(14-26)22-13-18(29-5)6-9-23(22,3)20(19)7-10-24(21,25)4/h13-14,19-21H,6-12H2,1-5H3/t19-,20+,21-,23-,24-,25+/m1/s1. The predicted octanol–water partition coefficient (Wildman–Crippen LogP) is 4.55. The van der Waals surface area contributed by atoms with E-state index in [-0.39, 0.29) is 28.5 Å². The van der Waals surface area contributed by atoms with Gasteiger partial charge in [0, 0.05) is 18.8 Å². The third kappa shape index (κ3) is 2.69. The fraction of sp³-hybridized carbons (Fsp3) is 0.720. The van der Waals surface area contributed by atoms with Crippen LogP contribution in [0.2, 0.25) is 0 Å². The van der Waals surface area contributed by atoms with Crippen LogP contribution in [0.15, 0.2) is 23.0 Å². The molecule has 0 radical (unpaired) electrons. The van der Waals surface area contributed by atoms with Crippen LogP contribution in [-0.4, -0.2) is 30.7 Å². The molecule has 0 spiro atoms. The molecule has 0 aromatic carbocycles. The first-order valence-electron chi connectivity index (χ1n) is 11.3. The number of esters is 1. The van der Waals surface area contributed by atoms with Crippen molar-refractivity contribution in [2.75, 3.05) is 7.11 Å². The molecule has 5 nitrogen and oxygen atoms in total. The quantitative estimate of drug-likeness (QED) is 0.499. The van der Waals surface area contributed by atoms with E-state index in [1.807, 2.05) is 0 Å². The maximum absolute atomic E-state index is 12.8. The van der Waals surface area contributed by atoms with E-state index in [4.69, 9.17) is 9.47 Å².